The average Bonchev–Trinajstić information content (AvgIpc) is 2.23. The van der Waals surface area contributed by atoms with E-state index in [0.717, 1.165) is 21.3 Å². The Morgan fingerprint density at radius 2 is 2.11 bits per heavy atom. The van der Waals surface area contributed by atoms with Crippen LogP contribution < -0.4 is 0 Å². The predicted molar refractivity (Wildman–Crippen MR) is 75.7 cm³/mol. The SMILES string of the molecule is CCOS(=O)(=O)[O-].CC[N+]1(C)CSC(=S)N(C)C1. The molecule has 0 aromatic carbocycles. The van der Waals surface area contributed by atoms with Gasteiger partial charge in [0.05, 0.1) is 20.2 Å². The first-order valence-electron chi connectivity index (χ1n) is 5.45. The lowest BCUT2D eigenvalue weighted by Crippen LogP contribution is -2.54. The molecule has 0 radical (unpaired) electrons. The average molecular weight is 316 g/mol. The van der Waals surface area contributed by atoms with Gasteiger partial charge >= 0.3 is 0 Å². The van der Waals surface area contributed by atoms with Gasteiger partial charge in [0, 0.05) is 7.05 Å². The fourth-order valence-corrected chi connectivity index (χ4v) is 2.74. The van der Waals surface area contributed by atoms with Crippen LogP contribution in [0.25, 0.3) is 0 Å². The van der Waals surface area contributed by atoms with Crippen molar-refractivity contribution in [2.24, 2.45) is 0 Å². The maximum Gasteiger partial charge on any atom is 0.217 e. The molecule has 1 aliphatic heterocycles. The highest BCUT2D eigenvalue weighted by atomic mass is 32.3. The molecule has 0 N–H and O–H groups in total. The van der Waals surface area contributed by atoms with Crippen LogP contribution in [-0.2, 0) is 14.6 Å². The van der Waals surface area contributed by atoms with Gasteiger partial charge in [-0.25, -0.2) is 8.42 Å². The van der Waals surface area contributed by atoms with Gasteiger partial charge in [-0.15, -0.1) is 0 Å². The smallest absolute Gasteiger partial charge is 0.217 e. The molecule has 0 aliphatic carbocycles. The lowest BCUT2D eigenvalue weighted by atomic mass is 10.5. The van der Waals surface area contributed by atoms with Crippen LogP contribution in [0.4, 0.5) is 0 Å². The van der Waals surface area contributed by atoms with Crippen LogP contribution in [0.15, 0.2) is 0 Å². The maximum absolute atomic E-state index is 9.45. The van der Waals surface area contributed by atoms with Crippen LogP contribution in [0.1, 0.15) is 13.8 Å². The van der Waals surface area contributed by atoms with Crippen molar-refractivity contribution in [2.45, 2.75) is 13.8 Å². The van der Waals surface area contributed by atoms with E-state index in [2.05, 4.69) is 30.1 Å². The fraction of sp³-hybridized carbons (Fsp3) is 0.889. The minimum atomic E-state index is -4.42. The number of rotatable bonds is 3. The van der Waals surface area contributed by atoms with E-state index in [0.29, 0.717) is 0 Å². The fourth-order valence-electron chi connectivity index (χ4n) is 1.27. The van der Waals surface area contributed by atoms with Gasteiger partial charge in [-0.1, -0.05) is 12.2 Å². The molecule has 18 heavy (non-hydrogen) atoms. The molecule has 0 bridgehead atoms. The van der Waals surface area contributed by atoms with Crippen molar-refractivity contribution in [3.05, 3.63) is 0 Å². The number of quaternary nitrogens is 1. The summed E-state index contributed by atoms with van der Waals surface area (Å²) in [5.74, 6) is 1.12. The van der Waals surface area contributed by atoms with E-state index >= 15 is 0 Å². The van der Waals surface area contributed by atoms with Crippen molar-refractivity contribution >= 4 is 38.7 Å². The second-order valence-corrected chi connectivity index (χ2v) is 6.76. The number of hydrogen-bond donors (Lipinski definition) is 0. The molecule has 1 fully saturated rings. The molecule has 0 amide bonds. The zero-order valence-corrected chi connectivity index (χ0v) is 13.5. The van der Waals surface area contributed by atoms with Crippen molar-refractivity contribution in [1.82, 2.24) is 4.90 Å². The molecule has 0 aromatic rings. The van der Waals surface area contributed by atoms with E-state index in [1.807, 2.05) is 0 Å². The first-order valence-corrected chi connectivity index (χ1v) is 8.18. The molecule has 1 unspecified atom stereocenters. The standard InChI is InChI=1S/C7H15N2S2.C2H6O4S/c1-4-9(3)5-8(2)7(10)11-6-9;1-2-6-7(3,4)5/h4-6H2,1-3H3;2H2,1H3,(H,3,4,5)/q+1;/p-1. The minimum absolute atomic E-state index is 0.0914. The van der Waals surface area contributed by atoms with Crippen molar-refractivity contribution < 1.29 is 21.6 Å². The molecule has 6 nitrogen and oxygen atoms in total. The van der Waals surface area contributed by atoms with Crippen LogP contribution in [0.3, 0.4) is 0 Å². The Labute approximate surface area is 119 Å². The van der Waals surface area contributed by atoms with Crippen molar-refractivity contribution in [3.63, 3.8) is 0 Å². The highest BCUT2D eigenvalue weighted by molar-refractivity contribution is 8.22. The van der Waals surface area contributed by atoms with Crippen LogP contribution in [0.5, 0.6) is 0 Å². The Kier molecular flexibility index (Phi) is 7.64. The molecule has 1 aliphatic rings. The number of thiocarbonyl (C=S) groups is 1. The maximum atomic E-state index is 9.45. The zero-order valence-electron chi connectivity index (χ0n) is 11.1. The van der Waals surface area contributed by atoms with E-state index < -0.39 is 10.4 Å². The number of thioether (sulfide) groups is 1. The second kappa shape index (κ2) is 7.61. The van der Waals surface area contributed by atoms with Crippen LogP contribution in [0.2, 0.25) is 0 Å². The molecule has 1 atom stereocenters. The third-order valence-corrected chi connectivity index (χ3v) is 4.89. The third-order valence-electron chi connectivity index (χ3n) is 2.39. The zero-order chi connectivity index (χ0) is 14.4. The molecule has 0 saturated carbocycles. The largest absolute Gasteiger partial charge is 0.726 e. The van der Waals surface area contributed by atoms with Gasteiger partial charge in [0.25, 0.3) is 0 Å². The van der Waals surface area contributed by atoms with E-state index in [9.17, 15) is 13.0 Å². The number of hydrogen-bond acceptors (Lipinski definition) is 6. The quantitative estimate of drug-likeness (QED) is 0.330. The van der Waals surface area contributed by atoms with Gasteiger partial charge in [-0.05, 0) is 25.6 Å². The summed E-state index contributed by atoms with van der Waals surface area (Å²) in [5, 5.41) is 0. The minimum Gasteiger partial charge on any atom is -0.726 e. The molecule has 0 spiro atoms. The highest BCUT2D eigenvalue weighted by Gasteiger charge is 2.28. The van der Waals surface area contributed by atoms with Gasteiger partial charge in [0.2, 0.25) is 10.4 Å². The normalized spacial score (nSPS) is 24.5. The summed E-state index contributed by atoms with van der Waals surface area (Å²) in [6, 6.07) is 0. The Morgan fingerprint density at radius 3 is 2.39 bits per heavy atom. The van der Waals surface area contributed by atoms with Crippen LogP contribution >= 0.6 is 24.0 Å². The third kappa shape index (κ3) is 7.49. The van der Waals surface area contributed by atoms with E-state index in [1.54, 1.807) is 11.8 Å². The summed E-state index contributed by atoms with van der Waals surface area (Å²) in [4.78, 5) is 2.16. The Morgan fingerprint density at radius 1 is 1.56 bits per heavy atom. The first-order chi connectivity index (χ1) is 8.13. The molecule has 1 saturated heterocycles. The summed E-state index contributed by atoms with van der Waals surface area (Å²) < 4.78 is 34.1. The van der Waals surface area contributed by atoms with Gasteiger partial charge in [0.15, 0.2) is 6.67 Å². The predicted octanol–water partition coefficient (Wildman–Crippen LogP) is 0.815. The molecule has 0 aromatic heterocycles. The van der Waals surface area contributed by atoms with Crippen LogP contribution in [-0.4, -0.2) is 66.5 Å². The molecular weight excluding hydrogens is 296 g/mol. The second-order valence-electron chi connectivity index (χ2n) is 4.13. The van der Waals surface area contributed by atoms with Crippen LogP contribution in [0, 0.1) is 0 Å². The number of nitrogens with zero attached hydrogens (tertiary/aromatic N) is 2. The van der Waals surface area contributed by atoms with Crippen molar-refractivity contribution in [1.29, 1.82) is 0 Å². The van der Waals surface area contributed by atoms with Gasteiger partial charge in [-0.3, -0.25) is 4.18 Å². The van der Waals surface area contributed by atoms with E-state index in [-0.39, 0.29) is 6.61 Å². The van der Waals surface area contributed by atoms with Crippen molar-refractivity contribution in [2.75, 3.05) is 39.8 Å². The lowest BCUT2D eigenvalue weighted by Gasteiger charge is -2.41. The topological polar surface area (TPSA) is 69.7 Å². The summed E-state index contributed by atoms with van der Waals surface area (Å²) in [7, 11) is -0.0850. The Balaban J connectivity index is 0.000000360. The Hall–Kier alpha value is 0.0700. The van der Waals surface area contributed by atoms with E-state index in [4.69, 9.17) is 12.2 Å². The van der Waals surface area contributed by atoms with E-state index in [1.165, 1.54) is 13.5 Å². The molecule has 108 valence electrons. The Bertz CT molecular complexity index is 374. The van der Waals surface area contributed by atoms with Gasteiger partial charge in [-0.2, -0.15) is 0 Å². The monoisotopic (exact) mass is 316 g/mol. The summed E-state index contributed by atoms with van der Waals surface area (Å²) in [5.41, 5.74) is 0. The van der Waals surface area contributed by atoms with Gasteiger partial charge in [0.1, 0.15) is 10.2 Å². The molecular formula is C9H20N2O4S3. The molecule has 1 rings (SSSR count). The summed E-state index contributed by atoms with van der Waals surface area (Å²) in [6.07, 6.45) is 0. The molecule has 1 heterocycles. The lowest BCUT2D eigenvalue weighted by molar-refractivity contribution is -0.904. The summed E-state index contributed by atoms with van der Waals surface area (Å²) >= 11 is 6.95. The first kappa shape index (κ1) is 18.1. The molecule has 9 heteroatoms. The summed E-state index contributed by atoms with van der Waals surface area (Å²) in [6.45, 7) is 5.80. The van der Waals surface area contributed by atoms with Gasteiger partial charge < -0.3 is 13.9 Å². The van der Waals surface area contributed by atoms with Crippen molar-refractivity contribution in [3.8, 4) is 0 Å². The highest BCUT2D eigenvalue weighted by Crippen LogP contribution is 2.21.